The first-order valence-corrected chi connectivity index (χ1v) is 3.94. The quantitative estimate of drug-likeness (QED) is 0.576. The molecule has 0 aromatic carbocycles. The van der Waals surface area contributed by atoms with Crippen molar-refractivity contribution in [3.8, 4) is 0 Å². The Labute approximate surface area is 74.8 Å². The minimum absolute atomic E-state index is 0.226. The highest BCUT2D eigenvalue weighted by Crippen LogP contribution is 2.15. The third-order valence-electron chi connectivity index (χ3n) is 1.91. The topological polar surface area (TPSA) is 74.2 Å². The van der Waals surface area contributed by atoms with Crippen molar-refractivity contribution in [1.82, 2.24) is 10.3 Å². The number of aromatic carboxylic acids is 1. The van der Waals surface area contributed by atoms with Gasteiger partial charge >= 0.3 is 5.97 Å². The zero-order valence-corrected chi connectivity index (χ0v) is 6.87. The maximum Gasteiger partial charge on any atom is 0.337 e. The molecule has 0 amide bonds. The minimum atomic E-state index is -0.944. The van der Waals surface area contributed by atoms with Crippen LogP contribution in [0.1, 0.15) is 15.9 Å². The predicted octanol–water partition coefficient (Wildman–Crippen LogP) is 0.252. The lowest BCUT2D eigenvalue weighted by atomic mass is 10.1. The Bertz CT molecular complexity index is 351. The summed E-state index contributed by atoms with van der Waals surface area (Å²) in [4.78, 5) is 14.6. The molecule has 5 heteroatoms. The molecule has 2 rings (SSSR count). The first-order chi connectivity index (χ1) is 6.27. The van der Waals surface area contributed by atoms with E-state index in [9.17, 15) is 4.79 Å². The highest BCUT2D eigenvalue weighted by molar-refractivity contribution is 5.87. The van der Waals surface area contributed by atoms with E-state index in [1.807, 2.05) is 0 Å². The van der Waals surface area contributed by atoms with E-state index in [1.165, 1.54) is 6.20 Å². The number of rotatable bonds is 1. The second kappa shape index (κ2) is 3.02. The Kier molecular flexibility index (Phi) is 1.86. The first kappa shape index (κ1) is 8.00. The van der Waals surface area contributed by atoms with E-state index in [-0.39, 0.29) is 5.56 Å². The average molecular weight is 179 g/mol. The van der Waals surface area contributed by atoms with Crippen LogP contribution in [0.5, 0.6) is 0 Å². The molecule has 3 N–H and O–H groups in total. The number of fused-ring (bicyclic) bond motifs is 1. The summed E-state index contributed by atoms with van der Waals surface area (Å²) in [7, 11) is 0. The molecule has 1 aliphatic rings. The summed E-state index contributed by atoms with van der Waals surface area (Å²) < 4.78 is 0. The van der Waals surface area contributed by atoms with Crippen LogP contribution in [-0.4, -0.2) is 22.7 Å². The number of carboxylic acids is 1. The average Bonchev–Trinajstić information content (AvgIpc) is 2.17. The first-order valence-electron chi connectivity index (χ1n) is 3.94. The van der Waals surface area contributed by atoms with Crippen molar-refractivity contribution in [2.24, 2.45) is 0 Å². The van der Waals surface area contributed by atoms with Gasteiger partial charge in [-0.15, -0.1) is 0 Å². The van der Waals surface area contributed by atoms with Gasteiger partial charge in [-0.1, -0.05) is 0 Å². The maximum atomic E-state index is 10.6. The number of hydrogen-bond donors (Lipinski definition) is 3. The summed E-state index contributed by atoms with van der Waals surface area (Å²) in [5.41, 5.74) is 1.12. The Balaban J connectivity index is 2.40. The summed E-state index contributed by atoms with van der Waals surface area (Å²) >= 11 is 0. The molecule has 1 aromatic heterocycles. The van der Waals surface area contributed by atoms with E-state index in [2.05, 4.69) is 15.6 Å². The van der Waals surface area contributed by atoms with Crippen molar-refractivity contribution in [2.45, 2.75) is 6.54 Å². The van der Waals surface area contributed by atoms with Crippen molar-refractivity contribution >= 4 is 11.8 Å². The zero-order chi connectivity index (χ0) is 9.26. The highest BCUT2D eigenvalue weighted by Gasteiger charge is 2.11. The van der Waals surface area contributed by atoms with Gasteiger partial charge in [0.2, 0.25) is 0 Å². The van der Waals surface area contributed by atoms with Gasteiger partial charge in [0, 0.05) is 18.3 Å². The Morgan fingerprint density at radius 2 is 2.46 bits per heavy atom. The minimum Gasteiger partial charge on any atom is -0.478 e. The summed E-state index contributed by atoms with van der Waals surface area (Å²) in [6, 6.07) is 1.63. The molecular formula is C8H9N3O2. The van der Waals surface area contributed by atoms with E-state index in [0.717, 1.165) is 11.4 Å². The lowest BCUT2D eigenvalue weighted by Crippen LogP contribution is -2.28. The van der Waals surface area contributed by atoms with Gasteiger partial charge in [0.25, 0.3) is 0 Å². The molecule has 0 atom stereocenters. The number of anilines is 1. The van der Waals surface area contributed by atoms with Crippen LogP contribution < -0.4 is 10.6 Å². The van der Waals surface area contributed by atoms with Crippen LogP contribution in [0.4, 0.5) is 5.82 Å². The molecule has 0 radical (unpaired) electrons. The molecule has 0 unspecified atom stereocenters. The van der Waals surface area contributed by atoms with E-state index in [4.69, 9.17) is 5.11 Å². The summed E-state index contributed by atoms with van der Waals surface area (Å²) in [5, 5.41) is 14.8. The number of carboxylic acid groups (broad SMARTS) is 1. The van der Waals surface area contributed by atoms with Crippen LogP contribution >= 0.6 is 0 Å². The van der Waals surface area contributed by atoms with Crippen LogP contribution in [0.15, 0.2) is 12.3 Å². The van der Waals surface area contributed by atoms with Gasteiger partial charge in [0.1, 0.15) is 5.82 Å². The number of nitrogens with one attached hydrogen (secondary N) is 2. The third kappa shape index (κ3) is 1.46. The Morgan fingerprint density at radius 1 is 1.62 bits per heavy atom. The second-order valence-corrected chi connectivity index (χ2v) is 2.82. The van der Waals surface area contributed by atoms with Gasteiger partial charge in [-0.05, 0) is 6.07 Å². The van der Waals surface area contributed by atoms with Crippen LogP contribution in [0.3, 0.4) is 0 Å². The van der Waals surface area contributed by atoms with Crippen molar-refractivity contribution < 1.29 is 9.90 Å². The SMILES string of the molecule is O=C(O)c1cnc2c(c1)CNCN2. The molecule has 13 heavy (non-hydrogen) atoms. The largest absolute Gasteiger partial charge is 0.478 e. The summed E-state index contributed by atoms with van der Waals surface area (Å²) in [5.74, 6) is -0.176. The summed E-state index contributed by atoms with van der Waals surface area (Å²) in [6.07, 6.45) is 1.36. The third-order valence-corrected chi connectivity index (χ3v) is 1.91. The smallest absolute Gasteiger partial charge is 0.337 e. The van der Waals surface area contributed by atoms with Gasteiger partial charge in [-0.2, -0.15) is 0 Å². The van der Waals surface area contributed by atoms with E-state index >= 15 is 0 Å². The zero-order valence-electron chi connectivity index (χ0n) is 6.87. The molecule has 0 spiro atoms. The highest BCUT2D eigenvalue weighted by atomic mass is 16.4. The Morgan fingerprint density at radius 3 is 3.23 bits per heavy atom. The van der Waals surface area contributed by atoms with E-state index < -0.39 is 5.97 Å². The molecular weight excluding hydrogens is 170 g/mol. The van der Waals surface area contributed by atoms with Gasteiger partial charge in [-0.3, -0.25) is 5.32 Å². The number of nitrogens with zero attached hydrogens (tertiary/aromatic N) is 1. The normalized spacial score (nSPS) is 14.5. The monoisotopic (exact) mass is 179 g/mol. The molecule has 0 aliphatic carbocycles. The molecule has 0 saturated heterocycles. The van der Waals surface area contributed by atoms with Crippen LogP contribution in [0.25, 0.3) is 0 Å². The molecule has 1 aliphatic heterocycles. The van der Waals surface area contributed by atoms with Gasteiger partial charge < -0.3 is 10.4 Å². The van der Waals surface area contributed by atoms with Crippen LogP contribution in [-0.2, 0) is 6.54 Å². The second-order valence-electron chi connectivity index (χ2n) is 2.82. The number of carbonyl (C=O) groups is 1. The fourth-order valence-electron chi connectivity index (χ4n) is 1.26. The Hall–Kier alpha value is -1.62. The van der Waals surface area contributed by atoms with E-state index in [0.29, 0.717) is 13.2 Å². The number of aromatic nitrogens is 1. The molecule has 0 saturated carbocycles. The van der Waals surface area contributed by atoms with Crippen molar-refractivity contribution in [1.29, 1.82) is 0 Å². The number of hydrogen-bond acceptors (Lipinski definition) is 4. The molecule has 0 bridgehead atoms. The standard InChI is InChI=1S/C8H9N3O2/c12-8(13)6-1-5-2-9-4-11-7(5)10-3-6/h1,3,9H,2,4H2,(H,10,11)(H,12,13). The fourth-order valence-corrected chi connectivity index (χ4v) is 1.26. The van der Waals surface area contributed by atoms with Crippen LogP contribution in [0.2, 0.25) is 0 Å². The van der Waals surface area contributed by atoms with Crippen molar-refractivity contribution in [2.75, 3.05) is 12.0 Å². The van der Waals surface area contributed by atoms with Crippen LogP contribution in [0, 0.1) is 0 Å². The molecule has 2 heterocycles. The lowest BCUT2D eigenvalue weighted by Gasteiger charge is -2.17. The van der Waals surface area contributed by atoms with Gasteiger partial charge in [0.15, 0.2) is 0 Å². The predicted molar refractivity (Wildman–Crippen MR) is 46.5 cm³/mol. The maximum absolute atomic E-state index is 10.6. The summed E-state index contributed by atoms with van der Waals surface area (Å²) in [6.45, 7) is 1.34. The van der Waals surface area contributed by atoms with E-state index in [1.54, 1.807) is 6.07 Å². The number of pyridine rings is 1. The van der Waals surface area contributed by atoms with Gasteiger partial charge in [0.05, 0.1) is 12.2 Å². The lowest BCUT2D eigenvalue weighted by molar-refractivity contribution is 0.0696. The molecule has 68 valence electrons. The molecule has 0 fully saturated rings. The molecule has 5 nitrogen and oxygen atoms in total. The van der Waals surface area contributed by atoms with Crippen molar-refractivity contribution in [3.05, 3.63) is 23.4 Å². The van der Waals surface area contributed by atoms with Crippen molar-refractivity contribution in [3.63, 3.8) is 0 Å². The van der Waals surface area contributed by atoms with Gasteiger partial charge in [-0.25, -0.2) is 9.78 Å². The molecule has 1 aromatic rings. The fraction of sp³-hybridized carbons (Fsp3) is 0.250.